The number of sulfonamides is 1. The molecule has 0 aromatic heterocycles. The number of nitrogens with one attached hydrogen (secondary N) is 1. The first kappa shape index (κ1) is 32.9. The van der Waals surface area contributed by atoms with Crippen molar-refractivity contribution < 1.29 is 22.4 Å². The number of halogens is 2. The number of nitrogens with zero attached hydrogens (tertiary/aromatic N) is 2. The summed E-state index contributed by atoms with van der Waals surface area (Å²) in [4.78, 5) is 29.4. The maximum Gasteiger partial charge on any atom is 0.264 e. The number of hydrogen-bond acceptors (Lipinski definition) is 4. The van der Waals surface area contributed by atoms with Gasteiger partial charge in [0.05, 0.1) is 10.6 Å². The molecule has 0 unspecified atom stereocenters. The lowest BCUT2D eigenvalue weighted by Crippen LogP contribution is -2.54. The van der Waals surface area contributed by atoms with Crippen LogP contribution in [0, 0.1) is 12.7 Å². The van der Waals surface area contributed by atoms with Gasteiger partial charge in [0.2, 0.25) is 11.8 Å². The van der Waals surface area contributed by atoms with Crippen LogP contribution in [0.25, 0.3) is 0 Å². The number of anilines is 1. The Hall–Kier alpha value is -4.02. The van der Waals surface area contributed by atoms with Crippen molar-refractivity contribution in [2.45, 2.75) is 50.7 Å². The Kier molecular flexibility index (Phi) is 10.9. The molecule has 0 spiro atoms. The second-order valence-corrected chi connectivity index (χ2v) is 13.6. The monoisotopic (exact) mass is 679 g/mol. The lowest BCUT2D eigenvalue weighted by Gasteiger charge is -2.34. The average Bonchev–Trinajstić information content (AvgIpc) is 2.98. The Bertz CT molecular complexity index is 1700. The van der Waals surface area contributed by atoms with Crippen LogP contribution in [0.5, 0.6) is 0 Å². The quantitative estimate of drug-likeness (QED) is 0.192. The van der Waals surface area contributed by atoms with E-state index in [1.165, 1.54) is 23.1 Å². The van der Waals surface area contributed by atoms with E-state index in [2.05, 4.69) is 21.2 Å². The topological polar surface area (TPSA) is 86.8 Å². The average molecular weight is 681 g/mol. The Morgan fingerprint density at radius 1 is 0.886 bits per heavy atom. The summed E-state index contributed by atoms with van der Waals surface area (Å²) < 4.78 is 44.8. The molecule has 0 radical (unpaired) electrons. The van der Waals surface area contributed by atoms with Crippen molar-refractivity contribution in [1.82, 2.24) is 10.2 Å². The second-order valence-electron chi connectivity index (χ2n) is 10.8. The number of hydrogen-bond donors (Lipinski definition) is 1. The normalized spacial score (nSPS) is 12.0. The fraction of sp³-hybridized carbons (Fsp3) is 0.235. The zero-order valence-electron chi connectivity index (χ0n) is 24.8. The highest BCUT2D eigenvalue weighted by molar-refractivity contribution is 9.10. The highest BCUT2D eigenvalue weighted by Gasteiger charge is 2.35. The molecule has 0 aliphatic rings. The van der Waals surface area contributed by atoms with Gasteiger partial charge in [-0.2, -0.15) is 0 Å². The molecular formula is C34H35BrFN3O4S. The van der Waals surface area contributed by atoms with Crippen LogP contribution in [0.2, 0.25) is 0 Å². The maximum absolute atomic E-state index is 15.0. The first-order valence-electron chi connectivity index (χ1n) is 14.2. The molecule has 44 heavy (non-hydrogen) atoms. The molecule has 4 rings (SSSR count). The van der Waals surface area contributed by atoms with Crippen molar-refractivity contribution in [3.8, 4) is 0 Å². The van der Waals surface area contributed by atoms with Gasteiger partial charge in [-0.3, -0.25) is 13.9 Å². The third-order valence-electron chi connectivity index (χ3n) is 6.98. The van der Waals surface area contributed by atoms with E-state index in [0.717, 1.165) is 15.4 Å². The molecule has 4 aromatic rings. The first-order valence-corrected chi connectivity index (χ1v) is 16.4. The summed E-state index contributed by atoms with van der Waals surface area (Å²) in [6, 6.07) is 26.9. The van der Waals surface area contributed by atoms with Gasteiger partial charge in [0.25, 0.3) is 10.0 Å². The molecule has 0 fully saturated rings. The SMILES string of the molecule is Cc1ccc(S(=O)(=O)N(CC(=O)N(Cc2ccccc2F)[C@@H](Cc2ccccc2)C(=O)NC(C)C)c2cccc(Br)c2)cc1. The van der Waals surface area contributed by atoms with E-state index in [1.807, 2.05) is 51.1 Å². The largest absolute Gasteiger partial charge is 0.352 e. The lowest BCUT2D eigenvalue weighted by molar-refractivity contribution is -0.140. The summed E-state index contributed by atoms with van der Waals surface area (Å²) in [5.74, 6) is -1.63. The van der Waals surface area contributed by atoms with Crippen molar-refractivity contribution in [3.05, 3.63) is 130 Å². The van der Waals surface area contributed by atoms with Crippen LogP contribution in [-0.2, 0) is 32.6 Å². The molecule has 0 aliphatic carbocycles. The fourth-order valence-corrected chi connectivity index (χ4v) is 6.54. The van der Waals surface area contributed by atoms with Gasteiger partial charge >= 0.3 is 0 Å². The third kappa shape index (κ3) is 8.33. The summed E-state index contributed by atoms with van der Waals surface area (Å²) in [5.41, 5.74) is 2.13. The first-order chi connectivity index (χ1) is 21.0. The smallest absolute Gasteiger partial charge is 0.264 e. The Balaban J connectivity index is 1.82. The Morgan fingerprint density at radius 3 is 2.18 bits per heavy atom. The summed E-state index contributed by atoms with van der Waals surface area (Å²) in [7, 11) is -4.23. The number of carbonyl (C=O) groups excluding carboxylic acids is 2. The second kappa shape index (κ2) is 14.6. The Morgan fingerprint density at radius 2 is 1.55 bits per heavy atom. The van der Waals surface area contributed by atoms with Gasteiger partial charge in [-0.25, -0.2) is 12.8 Å². The van der Waals surface area contributed by atoms with Crippen LogP contribution in [-0.4, -0.2) is 43.8 Å². The number of aryl methyl sites for hydroxylation is 1. The molecular weight excluding hydrogens is 645 g/mol. The van der Waals surface area contributed by atoms with Crippen molar-refractivity contribution in [3.63, 3.8) is 0 Å². The van der Waals surface area contributed by atoms with Crippen LogP contribution in [0.1, 0.15) is 30.5 Å². The summed E-state index contributed by atoms with van der Waals surface area (Å²) in [5, 5.41) is 2.89. The van der Waals surface area contributed by atoms with E-state index in [1.54, 1.807) is 54.6 Å². The molecule has 1 N–H and O–H groups in total. The van der Waals surface area contributed by atoms with Gasteiger partial charge in [-0.15, -0.1) is 0 Å². The van der Waals surface area contributed by atoms with Crippen LogP contribution in [0.3, 0.4) is 0 Å². The van der Waals surface area contributed by atoms with E-state index in [4.69, 9.17) is 0 Å². The van der Waals surface area contributed by atoms with Gasteiger partial charge in [0.15, 0.2) is 0 Å². The molecule has 0 saturated carbocycles. The van der Waals surface area contributed by atoms with Crippen LogP contribution < -0.4 is 9.62 Å². The Labute approximate surface area is 266 Å². The van der Waals surface area contributed by atoms with Crippen molar-refractivity contribution in [2.24, 2.45) is 0 Å². The molecule has 2 amide bonds. The summed E-state index contributed by atoms with van der Waals surface area (Å²) in [6.45, 7) is 4.60. The number of rotatable bonds is 12. The maximum atomic E-state index is 15.0. The summed E-state index contributed by atoms with van der Waals surface area (Å²) >= 11 is 3.40. The van der Waals surface area contributed by atoms with E-state index in [-0.39, 0.29) is 35.2 Å². The molecule has 0 bridgehead atoms. The molecule has 230 valence electrons. The highest BCUT2D eigenvalue weighted by Crippen LogP contribution is 2.27. The molecule has 0 aliphatic heterocycles. The van der Waals surface area contributed by atoms with E-state index in [0.29, 0.717) is 4.47 Å². The van der Waals surface area contributed by atoms with Gasteiger partial charge in [0, 0.05) is 29.0 Å². The number of amides is 2. The zero-order chi connectivity index (χ0) is 31.9. The van der Waals surface area contributed by atoms with Crippen LogP contribution in [0.15, 0.2) is 112 Å². The third-order valence-corrected chi connectivity index (χ3v) is 9.27. The highest BCUT2D eigenvalue weighted by atomic mass is 79.9. The zero-order valence-corrected chi connectivity index (χ0v) is 27.2. The fourth-order valence-electron chi connectivity index (χ4n) is 4.74. The minimum absolute atomic E-state index is 0.00918. The van der Waals surface area contributed by atoms with Crippen molar-refractivity contribution >= 4 is 43.5 Å². The van der Waals surface area contributed by atoms with Crippen molar-refractivity contribution in [1.29, 1.82) is 0 Å². The van der Waals surface area contributed by atoms with Gasteiger partial charge in [-0.1, -0.05) is 88.2 Å². The van der Waals surface area contributed by atoms with Gasteiger partial charge < -0.3 is 10.2 Å². The molecule has 0 heterocycles. The molecule has 0 saturated heterocycles. The number of carbonyl (C=O) groups is 2. The van der Waals surface area contributed by atoms with E-state index < -0.39 is 40.2 Å². The molecule has 1 atom stereocenters. The van der Waals surface area contributed by atoms with Gasteiger partial charge in [-0.05, 0) is 62.7 Å². The number of benzene rings is 4. The molecule has 4 aromatic carbocycles. The predicted octanol–water partition coefficient (Wildman–Crippen LogP) is 6.26. The van der Waals surface area contributed by atoms with Gasteiger partial charge in [0.1, 0.15) is 18.4 Å². The van der Waals surface area contributed by atoms with E-state index >= 15 is 0 Å². The minimum Gasteiger partial charge on any atom is -0.352 e. The standard InChI is InChI=1S/C34H35BrFN3O4S/c1-24(2)37-34(41)32(20-26-10-5-4-6-11-26)38(22-27-12-7-8-15-31(27)36)33(40)23-39(29-14-9-13-28(35)21-29)44(42,43)30-18-16-25(3)17-19-30/h4-19,21,24,32H,20,22-23H2,1-3H3,(H,37,41)/t32-/m0/s1. The summed E-state index contributed by atoms with van der Waals surface area (Å²) in [6.07, 6.45) is 0.140. The van der Waals surface area contributed by atoms with E-state index in [9.17, 15) is 22.4 Å². The molecule has 7 nitrogen and oxygen atoms in total. The minimum atomic E-state index is -4.23. The van der Waals surface area contributed by atoms with Crippen LogP contribution in [0.4, 0.5) is 10.1 Å². The lowest BCUT2D eigenvalue weighted by atomic mass is 10.0. The van der Waals surface area contributed by atoms with Crippen LogP contribution >= 0.6 is 15.9 Å². The van der Waals surface area contributed by atoms with Crippen molar-refractivity contribution in [2.75, 3.05) is 10.8 Å². The molecule has 10 heteroatoms. The predicted molar refractivity (Wildman–Crippen MR) is 174 cm³/mol.